The Balaban J connectivity index is 1.62. The van der Waals surface area contributed by atoms with Crippen molar-refractivity contribution in [3.8, 4) is 11.1 Å². The summed E-state index contributed by atoms with van der Waals surface area (Å²) in [5, 5.41) is 11.2. The van der Waals surface area contributed by atoms with E-state index in [1.807, 2.05) is 50.2 Å². The topological polar surface area (TPSA) is 114 Å². The summed E-state index contributed by atoms with van der Waals surface area (Å²) in [4.78, 5) is 40.1. The fourth-order valence-corrected chi connectivity index (χ4v) is 3.79. The molecule has 2 amide bonds. The number of carboxylic acid groups (broad SMARTS) is 1. The summed E-state index contributed by atoms with van der Waals surface area (Å²) >= 11 is 0. The highest BCUT2D eigenvalue weighted by Crippen LogP contribution is 2.44. The highest BCUT2D eigenvalue weighted by molar-refractivity contribution is 5.85. The van der Waals surface area contributed by atoms with Crippen LogP contribution in [0.3, 0.4) is 0 Å². The van der Waals surface area contributed by atoms with Gasteiger partial charge in [0.25, 0.3) is 5.91 Å². The third-order valence-corrected chi connectivity index (χ3v) is 5.35. The molecule has 0 aliphatic heterocycles. The molecule has 1 aliphatic rings. The van der Waals surface area contributed by atoms with Crippen LogP contribution in [-0.2, 0) is 19.2 Å². The molecular weight excluding hydrogens is 412 g/mol. The van der Waals surface area contributed by atoms with E-state index in [2.05, 4.69) is 27.8 Å². The molecule has 0 fully saturated rings. The monoisotopic (exact) mass is 440 g/mol. The molecule has 1 atom stereocenters. The minimum absolute atomic E-state index is 0.0880. The van der Waals surface area contributed by atoms with Crippen LogP contribution in [-0.4, -0.2) is 42.3 Å². The zero-order chi connectivity index (χ0) is 23.1. The lowest BCUT2D eigenvalue weighted by Crippen LogP contribution is -2.47. The molecule has 0 radical (unpaired) electrons. The molecule has 32 heavy (non-hydrogen) atoms. The van der Waals surface area contributed by atoms with Crippen molar-refractivity contribution in [2.24, 2.45) is 5.92 Å². The number of aliphatic carboxylic acids is 1. The number of hydroxylamine groups is 1. The summed E-state index contributed by atoms with van der Waals surface area (Å²) in [6.45, 7) is 3.47. The van der Waals surface area contributed by atoms with Gasteiger partial charge in [0, 0.05) is 5.92 Å². The number of rotatable bonds is 10. The minimum Gasteiger partial charge on any atom is -0.479 e. The van der Waals surface area contributed by atoms with Crippen molar-refractivity contribution in [1.29, 1.82) is 0 Å². The van der Waals surface area contributed by atoms with E-state index >= 15 is 0 Å². The molecule has 170 valence electrons. The zero-order valence-corrected chi connectivity index (χ0v) is 18.2. The number of benzene rings is 2. The normalized spacial score (nSPS) is 13.2. The largest absolute Gasteiger partial charge is 0.479 e. The van der Waals surface area contributed by atoms with Gasteiger partial charge >= 0.3 is 12.1 Å². The average molecular weight is 440 g/mol. The standard InChI is InChI=1S/C24H28N2O6/c1-15(2)11-12-21(23(29)26-32-14-22(27)28)25-24(30)31-13-20-18-9-5-3-7-16(18)17-8-4-6-10-19(17)20/h3-10,15,20-21H,11-14H2,1-2H3,(H,25,30)(H,26,29)(H,27,28). The number of hydrogen-bond donors (Lipinski definition) is 3. The van der Waals surface area contributed by atoms with E-state index in [0.717, 1.165) is 22.3 Å². The van der Waals surface area contributed by atoms with Gasteiger partial charge in [-0.1, -0.05) is 62.4 Å². The van der Waals surface area contributed by atoms with E-state index in [9.17, 15) is 14.4 Å². The summed E-state index contributed by atoms with van der Waals surface area (Å²) in [5.74, 6) is -1.61. The van der Waals surface area contributed by atoms with Gasteiger partial charge in [0.2, 0.25) is 0 Å². The van der Waals surface area contributed by atoms with E-state index in [4.69, 9.17) is 9.84 Å². The fourth-order valence-electron chi connectivity index (χ4n) is 3.79. The highest BCUT2D eigenvalue weighted by atomic mass is 16.7. The molecule has 8 nitrogen and oxygen atoms in total. The van der Waals surface area contributed by atoms with Gasteiger partial charge in [-0.3, -0.25) is 9.63 Å². The number of carboxylic acids is 1. The van der Waals surface area contributed by atoms with Gasteiger partial charge < -0.3 is 15.2 Å². The molecule has 0 bridgehead atoms. The predicted octanol–water partition coefficient (Wildman–Crippen LogP) is 3.46. The molecule has 2 aromatic carbocycles. The summed E-state index contributed by atoms with van der Waals surface area (Å²) in [7, 11) is 0. The molecule has 0 saturated carbocycles. The van der Waals surface area contributed by atoms with Crippen molar-refractivity contribution < 1.29 is 29.1 Å². The maximum atomic E-state index is 12.5. The van der Waals surface area contributed by atoms with Crippen LogP contribution in [0.15, 0.2) is 48.5 Å². The summed E-state index contributed by atoms with van der Waals surface area (Å²) in [6.07, 6.45) is 0.333. The Morgan fingerprint density at radius 2 is 1.56 bits per heavy atom. The van der Waals surface area contributed by atoms with E-state index in [0.29, 0.717) is 18.8 Å². The van der Waals surface area contributed by atoms with Crippen LogP contribution in [0.25, 0.3) is 11.1 Å². The lowest BCUT2D eigenvalue weighted by Gasteiger charge is -2.20. The Labute approximate surface area is 186 Å². The molecule has 0 heterocycles. The van der Waals surface area contributed by atoms with Crippen LogP contribution in [0.4, 0.5) is 4.79 Å². The van der Waals surface area contributed by atoms with Gasteiger partial charge in [-0.25, -0.2) is 15.1 Å². The lowest BCUT2D eigenvalue weighted by atomic mass is 9.98. The first-order chi connectivity index (χ1) is 15.4. The van der Waals surface area contributed by atoms with Crippen LogP contribution < -0.4 is 10.8 Å². The quantitative estimate of drug-likeness (QED) is 0.488. The van der Waals surface area contributed by atoms with Crippen molar-refractivity contribution >= 4 is 18.0 Å². The molecule has 3 rings (SSSR count). The number of amides is 2. The van der Waals surface area contributed by atoms with E-state index in [-0.39, 0.29) is 12.5 Å². The highest BCUT2D eigenvalue weighted by Gasteiger charge is 2.29. The second-order valence-electron chi connectivity index (χ2n) is 8.14. The van der Waals surface area contributed by atoms with E-state index in [1.165, 1.54) is 0 Å². The third kappa shape index (κ3) is 5.85. The van der Waals surface area contributed by atoms with Crippen molar-refractivity contribution in [3.05, 3.63) is 59.7 Å². The van der Waals surface area contributed by atoms with Crippen molar-refractivity contribution in [2.45, 2.75) is 38.6 Å². The van der Waals surface area contributed by atoms with Crippen LogP contribution in [0.5, 0.6) is 0 Å². The van der Waals surface area contributed by atoms with Crippen LogP contribution in [0.2, 0.25) is 0 Å². The SMILES string of the molecule is CC(C)CCC(NC(=O)OCC1c2ccccc2-c2ccccc21)C(=O)NOCC(=O)O. The first kappa shape index (κ1) is 23.3. The Morgan fingerprint density at radius 1 is 0.969 bits per heavy atom. The smallest absolute Gasteiger partial charge is 0.407 e. The number of fused-ring (bicyclic) bond motifs is 3. The molecule has 8 heteroatoms. The Morgan fingerprint density at radius 3 is 2.12 bits per heavy atom. The fraction of sp³-hybridized carbons (Fsp3) is 0.375. The Kier molecular flexibility index (Phi) is 7.83. The molecule has 2 aromatic rings. The molecule has 0 spiro atoms. The molecule has 0 aromatic heterocycles. The van der Waals surface area contributed by atoms with Crippen LogP contribution in [0, 0.1) is 5.92 Å². The molecule has 0 saturated heterocycles. The van der Waals surface area contributed by atoms with Crippen LogP contribution in [0.1, 0.15) is 43.7 Å². The molecule has 3 N–H and O–H groups in total. The number of hydrogen-bond acceptors (Lipinski definition) is 5. The van der Waals surface area contributed by atoms with Crippen LogP contribution >= 0.6 is 0 Å². The maximum Gasteiger partial charge on any atom is 0.407 e. The second-order valence-corrected chi connectivity index (χ2v) is 8.14. The number of carbonyl (C=O) groups excluding carboxylic acids is 2. The van der Waals surface area contributed by atoms with Gasteiger partial charge in [-0.15, -0.1) is 0 Å². The number of alkyl carbamates (subject to hydrolysis) is 1. The maximum absolute atomic E-state index is 12.5. The predicted molar refractivity (Wildman–Crippen MR) is 118 cm³/mol. The van der Waals surface area contributed by atoms with Crippen molar-refractivity contribution in [2.75, 3.05) is 13.2 Å². The van der Waals surface area contributed by atoms with Gasteiger partial charge in [0.05, 0.1) is 0 Å². The Bertz CT molecular complexity index is 929. The number of carbonyl (C=O) groups is 3. The van der Waals surface area contributed by atoms with Gasteiger partial charge in [-0.2, -0.15) is 0 Å². The third-order valence-electron chi connectivity index (χ3n) is 5.35. The average Bonchev–Trinajstić information content (AvgIpc) is 3.08. The summed E-state index contributed by atoms with van der Waals surface area (Å²) < 4.78 is 5.50. The zero-order valence-electron chi connectivity index (χ0n) is 18.2. The lowest BCUT2D eigenvalue weighted by molar-refractivity contribution is -0.150. The minimum atomic E-state index is -1.21. The first-order valence-corrected chi connectivity index (χ1v) is 10.6. The molecule has 1 aliphatic carbocycles. The van der Waals surface area contributed by atoms with E-state index in [1.54, 1.807) is 0 Å². The van der Waals surface area contributed by atoms with Gasteiger partial charge in [-0.05, 0) is 41.0 Å². The van der Waals surface area contributed by atoms with Gasteiger partial charge in [0.1, 0.15) is 12.6 Å². The molecule has 1 unspecified atom stereocenters. The number of nitrogens with one attached hydrogen (secondary N) is 2. The summed E-state index contributed by atoms with van der Waals surface area (Å²) in [5.41, 5.74) is 6.52. The second kappa shape index (κ2) is 10.8. The summed E-state index contributed by atoms with van der Waals surface area (Å²) in [6, 6.07) is 15.1. The number of ether oxygens (including phenoxy) is 1. The Hall–Kier alpha value is -3.39. The van der Waals surface area contributed by atoms with Crippen molar-refractivity contribution in [1.82, 2.24) is 10.8 Å². The van der Waals surface area contributed by atoms with Crippen molar-refractivity contribution in [3.63, 3.8) is 0 Å². The van der Waals surface area contributed by atoms with Gasteiger partial charge in [0.15, 0.2) is 6.61 Å². The first-order valence-electron chi connectivity index (χ1n) is 10.6. The van der Waals surface area contributed by atoms with E-state index < -0.39 is 30.6 Å². The molecular formula is C24H28N2O6.